The number of aliphatic carboxylic acids is 1. The van der Waals surface area contributed by atoms with Gasteiger partial charge in [0.25, 0.3) is 0 Å². The fourth-order valence-electron chi connectivity index (χ4n) is 2.88. The molecule has 0 fully saturated rings. The number of carbonyl (C=O) groups is 1. The highest BCUT2D eigenvalue weighted by molar-refractivity contribution is 6.30. The lowest BCUT2D eigenvalue weighted by Gasteiger charge is -2.28. The van der Waals surface area contributed by atoms with Gasteiger partial charge in [-0.2, -0.15) is 0 Å². The molecule has 25 heavy (non-hydrogen) atoms. The molecule has 0 aliphatic carbocycles. The normalized spacial score (nSPS) is 13.2. The average Bonchev–Trinajstić information content (AvgIpc) is 2.62. The first-order valence-electron chi connectivity index (χ1n) is 7.85. The highest BCUT2D eigenvalue weighted by Gasteiger charge is 2.34. The van der Waals surface area contributed by atoms with E-state index in [1.807, 2.05) is 42.5 Å². The van der Waals surface area contributed by atoms with Crippen LogP contribution in [0.2, 0.25) is 5.02 Å². The van der Waals surface area contributed by atoms with Crippen molar-refractivity contribution in [2.24, 2.45) is 0 Å². The first-order chi connectivity index (χ1) is 12.0. The van der Waals surface area contributed by atoms with Crippen molar-refractivity contribution < 1.29 is 15.0 Å². The van der Waals surface area contributed by atoms with Crippen molar-refractivity contribution in [1.82, 2.24) is 0 Å². The SMILES string of the molecule is O=C(O)CC(O)(c1ccc(Cl)cc1)c1ccc(-c2ccccc2)cc1. The van der Waals surface area contributed by atoms with Crippen molar-refractivity contribution in [3.63, 3.8) is 0 Å². The number of carboxylic acids is 1. The first-order valence-corrected chi connectivity index (χ1v) is 8.23. The summed E-state index contributed by atoms with van der Waals surface area (Å²) >= 11 is 5.90. The van der Waals surface area contributed by atoms with Crippen LogP contribution in [0.5, 0.6) is 0 Å². The molecular weight excluding hydrogens is 336 g/mol. The molecule has 3 nitrogen and oxygen atoms in total. The fraction of sp³-hybridized carbons (Fsp3) is 0.0952. The molecule has 1 atom stereocenters. The maximum absolute atomic E-state index is 11.3. The summed E-state index contributed by atoms with van der Waals surface area (Å²) < 4.78 is 0. The van der Waals surface area contributed by atoms with Gasteiger partial charge in [0.1, 0.15) is 5.60 Å². The van der Waals surface area contributed by atoms with Crippen LogP contribution in [0, 0.1) is 0 Å². The van der Waals surface area contributed by atoms with Crippen LogP contribution in [0.15, 0.2) is 78.9 Å². The Morgan fingerprint density at radius 3 is 1.80 bits per heavy atom. The summed E-state index contributed by atoms with van der Waals surface area (Å²) in [5.41, 5.74) is 1.45. The van der Waals surface area contributed by atoms with Gasteiger partial charge in [0, 0.05) is 5.02 Å². The van der Waals surface area contributed by atoms with Gasteiger partial charge < -0.3 is 10.2 Å². The van der Waals surface area contributed by atoms with Gasteiger partial charge in [0.05, 0.1) is 6.42 Å². The number of aliphatic hydroxyl groups is 1. The minimum absolute atomic E-state index is 0.431. The second-order valence-electron chi connectivity index (χ2n) is 5.88. The van der Waals surface area contributed by atoms with Gasteiger partial charge in [0.2, 0.25) is 0 Å². The molecule has 0 amide bonds. The summed E-state index contributed by atoms with van der Waals surface area (Å²) in [5.74, 6) is -1.08. The summed E-state index contributed by atoms with van der Waals surface area (Å²) in [6, 6.07) is 23.7. The lowest BCUT2D eigenvalue weighted by atomic mass is 9.83. The van der Waals surface area contributed by atoms with Gasteiger partial charge in [-0.25, -0.2) is 0 Å². The Kier molecular flexibility index (Phi) is 4.88. The predicted octanol–water partition coefficient (Wildman–Crippen LogP) is 4.72. The first kappa shape index (κ1) is 17.2. The Morgan fingerprint density at radius 2 is 1.28 bits per heavy atom. The maximum atomic E-state index is 11.3. The minimum Gasteiger partial charge on any atom is -0.481 e. The molecule has 2 N–H and O–H groups in total. The van der Waals surface area contributed by atoms with E-state index < -0.39 is 18.0 Å². The molecule has 0 heterocycles. The quantitative estimate of drug-likeness (QED) is 0.698. The van der Waals surface area contributed by atoms with E-state index in [-0.39, 0.29) is 0 Å². The molecule has 3 aromatic rings. The molecule has 1 unspecified atom stereocenters. The zero-order valence-electron chi connectivity index (χ0n) is 13.4. The van der Waals surface area contributed by atoms with E-state index >= 15 is 0 Å². The van der Waals surface area contributed by atoms with Gasteiger partial charge in [-0.05, 0) is 34.4 Å². The summed E-state index contributed by atoms with van der Waals surface area (Å²) in [5, 5.41) is 21.0. The second kappa shape index (κ2) is 7.09. The number of hydrogen-bond donors (Lipinski definition) is 2. The molecule has 0 spiro atoms. The Morgan fingerprint density at radius 1 is 0.800 bits per heavy atom. The highest BCUT2D eigenvalue weighted by Crippen LogP contribution is 2.35. The molecule has 0 saturated carbocycles. The molecule has 3 rings (SSSR count). The summed E-state index contributed by atoms with van der Waals surface area (Å²) in [6.07, 6.45) is -0.431. The predicted molar refractivity (Wildman–Crippen MR) is 98.6 cm³/mol. The number of hydrogen-bond acceptors (Lipinski definition) is 2. The van der Waals surface area contributed by atoms with E-state index in [4.69, 9.17) is 11.6 Å². The lowest BCUT2D eigenvalue weighted by molar-refractivity contribution is -0.141. The van der Waals surface area contributed by atoms with Crippen molar-refractivity contribution in [1.29, 1.82) is 0 Å². The molecule has 126 valence electrons. The monoisotopic (exact) mass is 352 g/mol. The van der Waals surface area contributed by atoms with Crippen molar-refractivity contribution in [2.45, 2.75) is 12.0 Å². The number of halogens is 1. The van der Waals surface area contributed by atoms with Gasteiger partial charge in [-0.15, -0.1) is 0 Å². The Bertz CT molecular complexity index is 858. The van der Waals surface area contributed by atoms with Crippen molar-refractivity contribution >= 4 is 17.6 Å². The zero-order valence-corrected chi connectivity index (χ0v) is 14.1. The number of benzene rings is 3. The molecular formula is C21H17ClO3. The minimum atomic E-state index is -1.62. The standard InChI is InChI=1S/C21H17ClO3/c22-19-12-10-18(11-13-19)21(25,14-20(23)24)17-8-6-16(7-9-17)15-4-2-1-3-5-15/h1-13,25H,14H2,(H,23,24). The smallest absolute Gasteiger partial charge is 0.306 e. The van der Waals surface area contributed by atoms with Crippen LogP contribution in [0.1, 0.15) is 17.5 Å². The van der Waals surface area contributed by atoms with Crippen LogP contribution in [0.4, 0.5) is 0 Å². The summed E-state index contributed by atoms with van der Waals surface area (Å²) in [6.45, 7) is 0. The van der Waals surface area contributed by atoms with Crippen LogP contribution in [0.3, 0.4) is 0 Å². The highest BCUT2D eigenvalue weighted by atomic mass is 35.5. The van der Waals surface area contributed by atoms with Crippen LogP contribution >= 0.6 is 11.6 Å². The zero-order chi connectivity index (χ0) is 17.9. The maximum Gasteiger partial charge on any atom is 0.306 e. The topological polar surface area (TPSA) is 57.5 Å². The molecule has 0 saturated heterocycles. The molecule has 0 radical (unpaired) electrons. The van der Waals surface area contributed by atoms with E-state index in [1.165, 1.54) is 0 Å². The molecule has 4 heteroatoms. The van der Waals surface area contributed by atoms with Crippen molar-refractivity contribution in [3.05, 3.63) is 95.0 Å². The van der Waals surface area contributed by atoms with E-state index in [1.54, 1.807) is 36.4 Å². The van der Waals surface area contributed by atoms with Crippen LogP contribution < -0.4 is 0 Å². The van der Waals surface area contributed by atoms with Gasteiger partial charge >= 0.3 is 5.97 Å². The molecule has 0 aliphatic rings. The Balaban J connectivity index is 2.02. The number of rotatable bonds is 5. The Hall–Kier alpha value is -2.62. The van der Waals surface area contributed by atoms with E-state index in [0.29, 0.717) is 16.1 Å². The Labute approximate surface area is 151 Å². The molecule has 0 bridgehead atoms. The van der Waals surface area contributed by atoms with Gasteiger partial charge in [-0.3, -0.25) is 4.79 Å². The van der Waals surface area contributed by atoms with Crippen LogP contribution in [-0.2, 0) is 10.4 Å². The van der Waals surface area contributed by atoms with Crippen molar-refractivity contribution in [3.8, 4) is 11.1 Å². The summed E-state index contributed by atoms with van der Waals surface area (Å²) in [7, 11) is 0. The summed E-state index contributed by atoms with van der Waals surface area (Å²) in [4.78, 5) is 11.3. The van der Waals surface area contributed by atoms with E-state index in [0.717, 1.165) is 11.1 Å². The van der Waals surface area contributed by atoms with Crippen LogP contribution in [-0.4, -0.2) is 16.2 Å². The second-order valence-corrected chi connectivity index (χ2v) is 6.32. The largest absolute Gasteiger partial charge is 0.481 e. The third-order valence-corrected chi connectivity index (χ3v) is 4.45. The average molecular weight is 353 g/mol. The third kappa shape index (κ3) is 3.73. The third-order valence-electron chi connectivity index (χ3n) is 4.20. The molecule has 0 aliphatic heterocycles. The molecule has 0 aromatic heterocycles. The lowest BCUT2D eigenvalue weighted by Crippen LogP contribution is -2.30. The number of carboxylic acid groups (broad SMARTS) is 1. The van der Waals surface area contributed by atoms with Gasteiger partial charge in [0.15, 0.2) is 0 Å². The van der Waals surface area contributed by atoms with Gasteiger partial charge in [-0.1, -0.05) is 78.3 Å². The van der Waals surface area contributed by atoms with Crippen molar-refractivity contribution in [2.75, 3.05) is 0 Å². The fourth-order valence-corrected chi connectivity index (χ4v) is 3.01. The van der Waals surface area contributed by atoms with E-state index in [9.17, 15) is 15.0 Å². The van der Waals surface area contributed by atoms with Crippen LogP contribution in [0.25, 0.3) is 11.1 Å². The molecule has 3 aromatic carbocycles. The van der Waals surface area contributed by atoms with E-state index in [2.05, 4.69) is 0 Å².